The fourth-order valence-electron chi connectivity index (χ4n) is 2.74. The molecule has 0 amide bonds. The van der Waals surface area contributed by atoms with Crippen LogP contribution in [0, 0.1) is 0 Å². The Bertz CT molecular complexity index is 345. The molecule has 3 heteroatoms. The Balaban J connectivity index is 2.14. The summed E-state index contributed by atoms with van der Waals surface area (Å²) in [5.74, 6) is 0. The van der Waals surface area contributed by atoms with Gasteiger partial charge in [-0.2, -0.15) is 0 Å². The van der Waals surface area contributed by atoms with Crippen LogP contribution in [0.3, 0.4) is 0 Å². The van der Waals surface area contributed by atoms with Crippen molar-refractivity contribution in [2.45, 2.75) is 44.7 Å². The second kappa shape index (κ2) is 6.01. The molecule has 1 aromatic heterocycles. The average molecular weight is 233 g/mol. The zero-order valence-electron chi connectivity index (χ0n) is 10.9. The van der Waals surface area contributed by atoms with Crippen molar-refractivity contribution < 1.29 is 0 Å². The van der Waals surface area contributed by atoms with Crippen LogP contribution in [0.25, 0.3) is 0 Å². The predicted molar refractivity (Wildman–Crippen MR) is 72.3 cm³/mol. The molecule has 1 aliphatic carbocycles. The second-order valence-electron chi connectivity index (χ2n) is 4.94. The molecular formula is C14H23N3. The van der Waals surface area contributed by atoms with E-state index in [4.69, 9.17) is 0 Å². The molecule has 2 rings (SSSR count). The minimum atomic E-state index is 0.698. The summed E-state index contributed by atoms with van der Waals surface area (Å²) in [5, 5.41) is 3.23. The zero-order chi connectivity index (χ0) is 12.1. The van der Waals surface area contributed by atoms with E-state index >= 15 is 0 Å². The highest BCUT2D eigenvalue weighted by Crippen LogP contribution is 2.27. The summed E-state index contributed by atoms with van der Waals surface area (Å²) in [7, 11) is 4.21. The summed E-state index contributed by atoms with van der Waals surface area (Å²) in [4.78, 5) is 6.70. The van der Waals surface area contributed by atoms with Gasteiger partial charge in [0.1, 0.15) is 0 Å². The number of nitrogens with zero attached hydrogens (tertiary/aromatic N) is 2. The van der Waals surface area contributed by atoms with Crippen LogP contribution >= 0.6 is 0 Å². The van der Waals surface area contributed by atoms with Gasteiger partial charge in [0.2, 0.25) is 0 Å². The number of hydrogen-bond acceptors (Lipinski definition) is 3. The first-order valence-corrected chi connectivity index (χ1v) is 6.63. The number of anilines is 1. The SMILES string of the molecule is CNCc1ccncc1N(C)C1CCCCC1. The van der Waals surface area contributed by atoms with E-state index in [1.165, 1.54) is 43.4 Å². The molecule has 1 saturated carbocycles. The Morgan fingerprint density at radius 2 is 2.12 bits per heavy atom. The summed E-state index contributed by atoms with van der Waals surface area (Å²) in [6.07, 6.45) is 10.7. The van der Waals surface area contributed by atoms with Crippen LogP contribution in [0.1, 0.15) is 37.7 Å². The molecule has 0 saturated heterocycles. The van der Waals surface area contributed by atoms with Gasteiger partial charge in [0, 0.05) is 25.8 Å². The van der Waals surface area contributed by atoms with Gasteiger partial charge >= 0.3 is 0 Å². The highest BCUT2D eigenvalue weighted by atomic mass is 15.1. The van der Waals surface area contributed by atoms with E-state index in [0.29, 0.717) is 6.04 Å². The maximum Gasteiger partial charge on any atom is 0.0598 e. The molecule has 94 valence electrons. The van der Waals surface area contributed by atoms with E-state index < -0.39 is 0 Å². The van der Waals surface area contributed by atoms with Crippen LogP contribution in [-0.4, -0.2) is 25.1 Å². The molecule has 17 heavy (non-hydrogen) atoms. The molecule has 0 aromatic carbocycles. The minimum Gasteiger partial charge on any atom is -0.370 e. The molecule has 1 aromatic rings. The van der Waals surface area contributed by atoms with Gasteiger partial charge in [0.15, 0.2) is 0 Å². The summed E-state index contributed by atoms with van der Waals surface area (Å²) >= 11 is 0. The fourth-order valence-corrected chi connectivity index (χ4v) is 2.74. The largest absolute Gasteiger partial charge is 0.370 e. The van der Waals surface area contributed by atoms with Crippen LogP contribution in [0.4, 0.5) is 5.69 Å². The van der Waals surface area contributed by atoms with Crippen molar-refractivity contribution in [1.29, 1.82) is 0 Å². The lowest BCUT2D eigenvalue weighted by molar-refractivity contribution is 0.427. The second-order valence-corrected chi connectivity index (χ2v) is 4.94. The maximum absolute atomic E-state index is 4.27. The lowest BCUT2D eigenvalue weighted by Gasteiger charge is -2.33. The first-order valence-electron chi connectivity index (χ1n) is 6.63. The van der Waals surface area contributed by atoms with Crippen molar-refractivity contribution in [2.24, 2.45) is 0 Å². The van der Waals surface area contributed by atoms with E-state index in [0.717, 1.165) is 6.54 Å². The lowest BCUT2D eigenvalue weighted by atomic mass is 9.94. The number of aromatic nitrogens is 1. The monoisotopic (exact) mass is 233 g/mol. The Morgan fingerprint density at radius 1 is 1.35 bits per heavy atom. The van der Waals surface area contributed by atoms with Crippen LogP contribution < -0.4 is 10.2 Å². The Morgan fingerprint density at radius 3 is 2.82 bits per heavy atom. The quantitative estimate of drug-likeness (QED) is 0.866. The first-order chi connectivity index (χ1) is 8.33. The first kappa shape index (κ1) is 12.4. The van der Waals surface area contributed by atoms with E-state index in [-0.39, 0.29) is 0 Å². The van der Waals surface area contributed by atoms with E-state index in [9.17, 15) is 0 Å². The van der Waals surface area contributed by atoms with Crippen LogP contribution in [0.15, 0.2) is 18.5 Å². The van der Waals surface area contributed by atoms with Crippen molar-refractivity contribution in [3.05, 3.63) is 24.0 Å². The number of hydrogen-bond donors (Lipinski definition) is 1. The highest BCUT2D eigenvalue weighted by molar-refractivity contribution is 5.51. The summed E-state index contributed by atoms with van der Waals surface area (Å²) in [6.45, 7) is 0.912. The van der Waals surface area contributed by atoms with Gasteiger partial charge < -0.3 is 10.2 Å². The summed E-state index contributed by atoms with van der Waals surface area (Å²) in [5.41, 5.74) is 2.63. The van der Waals surface area contributed by atoms with Gasteiger partial charge in [-0.3, -0.25) is 4.98 Å². The van der Waals surface area contributed by atoms with Crippen molar-refractivity contribution >= 4 is 5.69 Å². The number of rotatable bonds is 4. The third-order valence-corrected chi connectivity index (χ3v) is 3.76. The average Bonchev–Trinajstić information content (AvgIpc) is 2.40. The van der Waals surface area contributed by atoms with E-state index in [1.54, 1.807) is 0 Å². The molecule has 0 unspecified atom stereocenters. The predicted octanol–water partition coefficient (Wildman–Crippen LogP) is 2.57. The Labute approximate surface area is 104 Å². The third-order valence-electron chi connectivity index (χ3n) is 3.76. The lowest BCUT2D eigenvalue weighted by Crippen LogP contribution is -2.34. The molecule has 0 aliphatic heterocycles. The molecule has 0 atom stereocenters. The van der Waals surface area contributed by atoms with Crippen molar-refractivity contribution in [2.75, 3.05) is 19.0 Å². The van der Waals surface area contributed by atoms with Gasteiger partial charge in [0.05, 0.1) is 11.9 Å². The molecule has 0 bridgehead atoms. The highest BCUT2D eigenvalue weighted by Gasteiger charge is 2.19. The standard InChI is InChI=1S/C14H23N3/c1-15-10-12-8-9-16-11-14(12)17(2)13-6-4-3-5-7-13/h8-9,11,13,15H,3-7,10H2,1-2H3. The topological polar surface area (TPSA) is 28.2 Å². The van der Waals surface area contributed by atoms with Gasteiger partial charge in [-0.25, -0.2) is 0 Å². The van der Waals surface area contributed by atoms with Crippen molar-refractivity contribution in [3.63, 3.8) is 0 Å². The molecule has 0 spiro atoms. The van der Waals surface area contributed by atoms with Gasteiger partial charge in [-0.05, 0) is 31.5 Å². The van der Waals surface area contributed by atoms with Crippen molar-refractivity contribution in [1.82, 2.24) is 10.3 Å². The van der Waals surface area contributed by atoms with Crippen LogP contribution in [-0.2, 0) is 6.54 Å². The maximum atomic E-state index is 4.27. The Kier molecular flexibility index (Phi) is 4.37. The molecule has 1 aliphatic rings. The van der Waals surface area contributed by atoms with Gasteiger partial charge in [0.25, 0.3) is 0 Å². The molecule has 0 radical (unpaired) electrons. The summed E-state index contributed by atoms with van der Waals surface area (Å²) < 4.78 is 0. The van der Waals surface area contributed by atoms with E-state index in [1.807, 2.05) is 19.4 Å². The van der Waals surface area contributed by atoms with Crippen LogP contribution in [0.5, 0.6) is 0 Å². The smallest absolute Gasteiger partial charge is 0.0598 e. The molecule has 3 nitrogen and oxygen atoms in total. The summed E-state index contributed by atoms with van der Waals surface area (Å²) in [6, 6.07) is 2.81. The van der Waals surface area contributed by atoms with E-state index in [2.05, 4.69) is 28.3 Å². The molecule has 1 fully saturated rings. The van der Waals surface area contributed by atoms with Gasteiger partial charge in [-0.1, -0.05) is 19.3 Å². The minimum absolute atomic E-state index is 0.698. The fraction of sp³-hybridized carbons (Fsp3) is 0.643. The third kappa shape index (κ3) is 2.97. The van der Waals surface area contributed by atoms with Gasteiger partial charge in [-0.15, -0.1) is 0 Å². The van der Waals surface area contributed by atoms with Crippen LogP contribution in [0.2, 0.25) is 0 Å². The molecule has 1 heterocycles. The van der Waals surface area contributed by atoms with Crippen molar-refractivity contribution in [3.8, 4) is 0 Å². The molecule has 1 N–H and O–H groups in total. The number of nitrogens with one attached hydrogen (secondary N) is 1. The number of pyridine rings is 1. The Hall–Kier alpha value is -1.09. The normalized spacial score (nSPS) is 17.1. The molecular weight excluding hydrogens is 210 g/mol. The zero-order valence-corrected chi connectivity index (χ0v) is 10.9.